The van der Waals surface area contributed by atoms with Gasteiger partial charge in [0.1, 0.15) is 5.69 Å². The number of nitrogens with zero attached hydrogens (tertiary/aromatic N) is 4. The summed E-state index contributed by atoms with van der Waals surface area (Å²) in [6.07, 6.45) is 6.71. The van der Waals surface area contributed by atoms with Crippen LogP contribution in [0.3, 0.4) is 0 Å². The van der Waals surface area contributed by atoms with Crippen LogP contribution in [0, 0.1) is 6.92 Å². The van der Waals surface area contributed by atoms with E-state index >= 15 is 0 Å². The molecule has 2 amide bonds. The molecule has 0 spiro atoms. The molecule has 0 atom stereocenters. The molecule has 1 aliphatic heterocycles. The smallest absolute Gasteiger partial charge is 0.276 e. The molecule has 0 radical (unpaired) electrons. The average Bonchev–Trinajstić information content (AvgIpc) is 2.85. The van der Waals surface area contributed by atoms with Crippen LogP contribution in [-0.2, 0) is 11.3 Å². The highest BCUT2D eigenvalue weighted by atomic mass is 16.2. The maximum Gasteiger partial charge on any atom is 0.276 e. The lowest BCUT2D eigenvalue weighted by molar-refractivity contribution is -0.133. The molecule has 2 fully saturated rings. The summed E-state index contributed by atoms with van der Waals surface area (Å²) in [6.45, 7) is 5.44. The quantitative estimate of drug-likeness (QED) is 0.730. The van der Waals surface area contributed by atoms with E-state index in [1.54, 1.807) is 0 Å². The molecule has 8 nitrogen and oxygen atoms in total. The molecule has 176 valence electrons. The lowest BCUT2D eigenvalue weighted by atomic mass is 9.94. The molecule has 1 aliphatic carbocycles. The van der Waals surface area contributed by atoms with E-state index in [2.05, 4.69) is 15.3 Å². The molecule has 2 aromatic rings. The number of anilines is 1. The van der Waals surface area contributed by atoms with E-state index in [4.69, 9.17) is 0 Å². The second kappa shape index (κ2) is 10.7. The first-order valence-corrected chi connectivity index (χ1v) is 12.0. The number of nitrogens with one attached hydrogen (secondary N) is 1. The molecular formula is C25H33N5O3. The maximum atomic E-state index is 12.7. The van der Waals surface area contributed by atoms with Crippen molar-refractivity contribution in [2.24, 2.45) is 0 Å². The fourth-order valence-electron chi connectivity index (χ4n) is 4.70. The third-order valence-electron chi connectivity index (χ3n) is 6.70. The zero-order valence-electron chi connectivity index (χ0n) is 19.3. The standard InChI is InChI=1S/C25H33N5O3/c1-19-7-9-20(10-8-19)26-25(33)22-11-12-24(32)30(27-22)14-13-23(31)29-17-15-28(16-18-29)21-5-3-2-4-6-21/h7-12,21H,2-6,13-18H2,1H3,(H,26,33). The predicted octanol–water partition coefficient (Wildman–Crippen LogP) is 2.67. The number of rotatable bonds is 6. The Bertz CT molecular complexity index is 1020. The van der Waals surface area contributed by atoms with E-state index in [1.165, 1.54) is 48.9 Å². The first kappa shape index (κ1) is 23.2. The number of hydrogen-bond donors (Lipinski definition) is 1. The number of benzene rings is 1. The number of carbonyl (C=O) groups excluding carboxylic acids is 2. The Morgan fingerprint density at radius 1 is 0.970 bits per heavy atom. The summed E-state index contributed by atoms with van der Waals surface area (Å²) in [5.41, 5.74) is 1.58. The van der Waals surface area contributed by atoms with Gasteiger partial charge in [0.2, 0.25) is 5.91 Å². The average molecular weight is 452 g/mol. The van der Waals surface area contributed by atoms with Crippen molar-refractivity contribution in [3.8, 4) is 0 Å². The van der Waals surface area contributed by atoms with Gasteiger partial charge in [-0.2, -0.15) is 5.10 Å². The Kier molecular flexibility index (Phi) is 7.54. The van der Waals surface area contributed by atoms with Crippen LogP contribution in [0.5, 0.6) is 0 Å². The van der Waals surface area contributed by atoms with Gasteiger partial charge in [-0.1, -0.05) is 37.0 Å². The number of aromatic nitrogens is 2. The van der Waals surface area contributed by atoms with Crippen LogP contribution >= 0.6 is 0 Å². The summed E-state index contributed by atoms with van der Waals surface area (Å²) in [6, 6.07) is 10.9. The fraction of sp³-hybridized carbons (Fsp3) is 0.520. The van der Waals surface area contributed by atoms with Crippen LogP contribution in [0.1, 0.15) is 54.6 Å². The predicted molar refractivity (Wildman–Crippen MR) is 127 cm³/mol. The Balaban J connectivity index is 1.29. The lowest BCUT2D eigenvalue weighted by Gasteiger charge is -2.40. The van der Waals surface area contributed by atoms with Crippen LogP contribution in [0.2, 0.25) is 0 Å². The summed E-state index contributed by atoms with van der Waals surface area (Å²) < 4.78 is 1.21. The van der Waals surface area contributed by atoms with Gasteiger partial charge >= 0.3 is 0 Å². The number of hydrogen-bond acceptors (Lipinski definition) is 5. The Morgan fingerprint density at radius 2 is 1.67 bits per heavy atom. The molecule has 8 heteroatoms. The normalized spacial score (nSPS) is 17.7. The molecule has 1 N–H and O–H groups in total. The van der Waals surface area contributed by atoms with E-state index in [1.807, 2.05) is 36.1 Å². The Hall–Kier alpha value is -3.00. The molecule has 0 bridgehead atoms. The number of amides is 2. The van der Waals surface area contributed by atoms with Crippen molar-refractivity contribution in [3.63, 3.8) is 0 Å². The van der Waals surface area contributed by atoms with Crippen LogP contribution in [0.15, 0.2) is 41.2 Å². The highest BCUT2D eigenvalue weighted by molar-refractivity contribution is 6.02. The fourth-order valence-corrected chi connectivity index (χ4v) is 4.70. The van der Waals surface area contributed by atoms with Crippen LogP contribution < -0.4 is 10.9 Å². The van der Waals surface area contributed by atoms with Crippen molar-refractivity contribution in [2.75, 3.05) is 31.5 Å². The highest BCUT2D eigenvalue weighted by Gasteiger charge is 2.27. The Labute approximate surface area is 194 Å². The molecule has 2 aliphatic rings. The van der Waals surface area contributed by atoms with Gasteiger partial charge in [-0.15, -0.1) is 0 Å². The largest absolute Gasteiger partial charge is 0.340 e. The third kappa shape index (κ3) is 6.07. The monoisotopic (exact) mass is 451 g/mol. The highest BCUT2D eigenvalue weighted by Crippen LogP contribution is 2.23. The summed E-state index contributed by atoms with van der Waals surface area (Å²) in [5, 5.41) is 6.97. The first-order valence-electron chi connectivity index (χ1n) is 12.0. The molecule has 33 heavy (non-hydrogen) atoms. The van der Waals surface area contributed by atoms with Gasteiger partial charge in [0.25, 0.3) is 11.5 Å². The molecule has 0 unspecified atom stereocenters. The lowest BCUT2D eigenvalue weighted by Crippen LogP contribution is -2.52. The van der Waals surface area contributed by atoms with Gasteiger partial charge in [-0.25, -0.2) is 4.68 Å². The van der Waals surface area contributed by atoms with Crippen molar-refractivity contribution in [3.05, 3.63) is 58.0 Å². The zero-order chi connectivity index (χ0) is 23.2. The van der Waals surface area contributed by atoms with E-state index in [-0.39, 0.29) is 30.1 Å². The van der Waals surface area contributed by atoms with Gasteiger partial charge in [0.15, 0.2) is 0 Å². The van der Waals surface area contributed by atoms with Crippen LogP contribution in [-0.4, -0.2) is 63.6 Å². The minimum absolute atomic E-state index is 0.0292. The minimum Gasteiger partial charge on any atom is -0.340 e. The molecule has 1 saturated carbocycles. The van der Waals surface area contributed by atoms with Gasteiger partial charge in [-0.3, -0.25) is 19.3 Å². The summed E-state index contributed by atoms with van der Waals surface area (Å²) >= 11 is 0. The SMILES string of the molecule is Cc1ccc(NC(=O)c2ccc(=O)n(CCC(=O)N3CCN(C4CCCCC4)CC3)n2)cc1. The molecule has 1 aromatic heterocycles. The molecular weight excluding hydrogens is 418 g/mol. The third-order valence-corrected chi connectivity index (χ3v) is 6.70. The first-order chi connectivity index (χ1) is 16.0. The van der Waals surface area contributed by atoms with Crippen molar-refractivity contribution in [1.29, 1.82) is 0 Å². The van der Waals surface area contributed by atoms with E-state index in [9.17, 15) is 14.4 Å². The van der Waals surface area contributed by atoms with Gasteiger partial charge in [0, 0.05) is 50.4 Å². The van der Waals surface area contributed by atoms with Gasteiger partial charge in [0.05, 0.1) is 6.54 Å². The van der Waals surface area contributed by atoms with Crippen molar-refractivity contribution < 1.29 is 9.59 Å². The van der Waals surface area contributed by atoms with E-state index in [0.29, 0.717) is 11.7 Å². The summed E-state index contributed by atoms with van der Waals surface area (Å²) in [5.74, 6) is -0.362. The number of aryl methyl sites for hydroxylation is 2. The van der Waals surface area contributed by atoms with E-state index in [0.717, 1.165) is 31.7 Å². The van der Waals surface area contributed by atoms with Crippen LogP contribution in [0.25, 0.3) is 0 Å². The van der Waals surface area contributed by atoms with Gasteiger partial charge in [-0.05, 0) is 38.0 Å². The zero-order valence-corrected chi connectivity index (χ0v) is 19.3. The second-order valence-electron chi connectivity index (χ2n) is 9.06. The molecule has 4 rings (SSSR count). The minimum atomic E-state index is -0.391. The van der Waals surface area contributed by atoms with Crippen molar-refractivity contribution in [2.45, 2.75) is 58.0 Å². The molecule has 2 heterocycles. The van der Waals surface area contributed by atoms with Crippen LogP contribution in [0.4, 0.5) is 5.69 Å². The number of piperazine rings is 1. The topological polar surface area (TPSA) is 87.5 Å². The second-order valence-corrected chi connectivity index (χ2v) is 9.06. The Morgan fingerprint density at radius 3 is 2.36 bits per heavy atom. The van der Waals surface area contributed by atoms with E-state index < -0.39 is 5.91 Å². The van der Waals surface area contributed by atoms with Crippen molar-refractivity contribution in [1.82, 2.24) is 19.6 Å². The molecule has 1 saturated heterocycles. The van der Waals surface area contributed by atoms with Crippen molar-refractivity contribution >= 4 is 17.5 Å². The maximum absolute atomic E-state index is 12.7. The molecule has 1 aromatic carbocycles. The summed E-state index contributed by atoms with van der Waals surface area (Å²) in [7, 11) is 0. The number of carbonyl (C=O) groups is 2. The van der Waals surface area contributed by atoms with Gasteiger partial charge < -0.3 is 10.2 Å². The summed E-state index contributed by atoms with van der Waals surface area (Å²) in [4.78, 5) is 41.9.